The van der Waals surface area contributed by atoms with Crippen LogP contribution in [0.25, 0.3) is 5.69 Å². The van der Waals surface area contributed by atoms with Crippen molar-refractivity contribution in [1.82, 2.24) is 13.9 Å². The molecular weight excluding hydrogens is 612 g/mol. The molecule has 8 nitrogen and oxygen atoms in total. The molecule has 2 aromatic carbocycles. The van der Waals surface area contributed by atoms with E-state index in [2.05, 4.69) is 6.58 Å². The Labute approximate surface area is 253 Å². The quantitative estimate of drug-likeness (QED) is 0.332. The monoisotopic (exact) mass is 631 g/mol. The highest BCUT2D eigenvalue weighted by atomic mass is 35.5. The smallest absolute Gasteiger partial charge is 0.352 e. The van der Waals surface area contributed by atoms with Gasteiger partial charge in [-0.25, -0.2) is 23.5 Å². The number of benzene rings is 2. The van der Waals surface area contributed by atoms with Crippen LogP contribution in [-0.2, 0) is 22.6 Å². The molecule has 0 saturated heterocycles. The van der Waals surface area contributed by atoms with E-state index in [1.807, 2.05) is 0 Å². The predicted molar refractivity (Wildman–Crippen MR) is 157 cm³/mol. The lowest BCUT2D eigenvalue weighted by Crippen LogP contribution is -2.67. The van der Waals surface area contributed by atoms with Crippen LogP contribution in [0.4, 0.5) is 0 Å². The average molecular weight is 633 g/mol. The Morgan fingerprint density at radius 3 is 2.32 bits per heavy atom. The summed E-state index contributed by atoms with van der Waals surface area (Å²) in [5.74, 6) is -3.17. The van der Waals surface area contributed by atoms with E-state index < -0.39 is 54.7 Å². The van der Waals surface area contributed by atoms with Gasteiger partial charge in [0.25, 0.3) is 0 Å². The number of rotatable bonds is 4. The van der Waals surface area contributed by atoms with Crippen molar-refractivity contribution in [3.8, 4) is 11.4 Å². The van der Waals surface area contributed by atoms with Gasteiger partial charge >= 0.3 is 11.4 Å². The molecule has 1 saturated carbocycles. The van der Waals surface area contributed by atoms with Gasteiger partial charge in [0.2, 0.25) is 0 Å². The summed E-state index contributed by atoms with van der Waals surface area (Å²) in [7, 11) is 0. The zero-order chi connectivity index (χ0) is 29.4. The molecule has 2 aliphatic carbocycles. The molecule has 3 aliphatic rings. The number of carbonyl (C=O) groups is 2. The minimum absolute atomic E-state index is 0.0436. The Kier molecular flexibility index (Phi) is 6.54. The molecule has 3 aromatic rings. The van der Waals surface area contributed by atoms with E-state index in [4.69, 9.17) is 46.4 Å². The van der Waals surface area contributed by atoms with Crippen molar-refractivity contribution in [1.29, 1.82) is 0 Å². The second-order valence-corrected chi connectivity index (χ2v) is 12.2. The van der Waals surface area contributed by atoms with Crippen LogP contribution in [0.5, 0.6) is 5.75 Å². The van der Waals surface area contributed by atoms with Gasteiger partial charge in [-0.05, 0) is 29.7 Å². The minimum Gasteiger partial charge on any atom is -0.507 e. The Bertz CT molecular complexity index is 1850. The molecule has 1 aromatic heterocycles. The molecule has 1 aliphatic heterocycles. The fourth-order valence-electron chi connectivity index (χ4n) is 6.28. The van der Waals surface area contributed by atoms with Crippen LogP contribution in [0.3, 0.4) is 0 Å². The molecule has 4 atom stereocenters. The molecule has 210 valence electrons. The number of alkyl halides is 2. The fourth-order valence-corrected chi connectivity index (χ4v) is 7.79. The van der Waals surface area contributed by atoms with Gasteiger partial charge in [0.1, 0.15) is 25.6 Å². The van der Waals surface area contributed by atoms with Gasteiger partial charge in [0, 0.05) is 17.9 Å². The van der Waals surface area contributed by atoms with E-state index >= 15 is 0 Å². The standard InChI is InChI=1S/C29H21Cl4N3O5/c1-2-7-15-8-6-11-18(23(15)37)20-17-12-13-34-26(40)35(16-9-4-3-5-10-16)27(41)36(34)19(17)14-28(32)24(38)21(30)22(31)25(39)29(20,28)33/h2-6,8-12,19-20,37H,1,7,13-14H2. The van der Waals surface area contributed by atoms with Crippen molar-refractivity contribution in [2.45, 2.75) is 41.1 Å². The lowest BCUT2D eigenvalue weighted by Gasteiger charge is -2.54. The normalized spacial score (nSPS) is 27.2. The summed E-state index contributed by atoms with van der Waals surface area (Å²) >= 11 is 26.8. The number of nitrogens with zero attached hydrogens (tertiary/aromatic N) is 3. The molecule has 2 heterocycles. The van der Waals surface area contributed by atoms with E-state index in [0.29, 0.717) is 23.2 Å². The minimum atomic E-state index is -2.22. The average Bonchev–Trinajstić information content (AvgIpc) is 3.23. The van der Waals surface area contributed by atoms with Crippen LogP contribution >= 0.6 is 46.4 Å². The molecule has 1 N–H and O–H groups in total. The van der Waals surface area contributed by atoms with E-state index in [1.54, 1.807) is 60.7 Å². The zero-order valence-corrected chi connectivity index (χ0v) is 24.2. The van der Waals surface area contributed by atoms with Gasteiger partial charge in [0.05, 0.1) is 18.3 Å². The second kappa shape index (κ2) is 9.63. The third kappa shape index (κ3) is 3.61. The van der Waals surface area contributed by atoms with Gasteiger partial charge in [-0.3, -0.25) is 9.59 Å². The van der Waals surface area contributed by atoms with Crippen LogP contribution in [0, 0.1) is 0 Å². The molecule has 0 bridgehead atoms. The first-order valence-electron chi connectivity index (χ1n) is 12.6. The Morgan fingerprint density at radius 1 is 0.951 bits per heavy atom. The number of Topliss-reactive ketones (excluding diaryl/α,β-unsaturated/α-hetero) is 2. The molecule has 41 heavy (non-hydrogen) atoms. The van der Waals surface area contributed by atoms with Crippen molar-refractivity contribution < 1.29 is 14.7 Å². The maximum absolute atomic E-state index is 13.9. The number of phenols is 1. The highest BCUT2D eigenvalue weighted by molar-refractivity contribution is 6.66. The molecule has 4 unspecified atom stereocenters. The van der Waals surface area contributed by atoms with Crippen LogP contribution in [0.15, 0.2) is 92.5 Å². The Balaban J connectivity index is 1.66. The first kappa shape index (κ1) is 27.8. The maximum atomic E-state index is 13.9. The number of allylic oxidation sites excluding steroid dienone is 5. The largest absolute Gasteiger partial charge is 0.507 e. The van der Waals surface area contributed by atoms with E-state index in [9.17, 15) is 24.3 Å². The molecule has 0 amide bonds. The summed E-state index contributed by atoms with van der Waals surface area (Å²) in [5, 5.41) is 10.3. The van der Waals surface area contributed by atoms with Crippen molar-refractivity contribution in [2.24, 2.45) is 0 Å². The van der Waals surface area contributed by atoms with E-state index in [1.165, 1.54) is 9.36 Å². The zero-order valence-electron chi connectivity index (χ0n) is 21.2. The number of hydrogen-bond acceptors (Lipinski definition) is 5. The lowest BCUT2D eigenvalue weighted by atomic mass is 9.59. The van der Waals surface area contributed by atoms with E-state index in [0.717, 1.165) is 4.57 Å². The molecule has 1 fully saturated rings. The number of carbonyl (C=O) groups excluding carboxylic acids is 2. The number of aromatic nitrogens is 3. The van der Waals surface area contributed by atoms with Gasteiger partial charge < -0.3 is 5.11 Å². The topological polar surface area (TPSA) is 103 Å². The fraction of sp³-hybridized carbons (Fsp3) is 0.241. The number of ketones is 2. The molecule has 12 heteroatoms. The molecule has 0 spiro atoms. The summed E-state index contributed by atoms with van der Waals surface area (Å²) in [6, 6.07) is 12.3. The van der Waals surface area contributed by atoms with Crippen LogP contribution in [0.2, 0.25) is 0 Å². The second-order valence-electron chi connectivity index (χ2n) is 10.2. The molecule has 0 radical (unpaired) electrons. The highest BCUT2D eigenvalue weighted by Crippen LogP contribution is 2.64. The van der Waals surface area contributed by atoms with Crippen LogP contribution < -0.4 is 11.4 Å². The van der Waals surface area contributed by atoms with Crippen molar-refractivity contribution in [2.75, 3.05) is 0 Å². The van der Waals surface area contributed by atoms with Gasteiger partial charge in [-0.2, -0.15) is 0 Å². The van der Waals surface area contributed by atoms with Crippen molar-refractivity contribution >= 4 is 58.0 Å². The third-order valence-electron chi connectivity index (χ3n) is 8.14. The van der Waals surface area contributed by atoms with Gasteiger partial charge in [-0.1, -0.05) is 71.8 Å². The SMILES string of the molecule is C=CCc1cccc(C2C3=CCn4c(=O)n(-c5ccccc5)c(=O)n4C3CC3(Cl)C(=O)C(Cl)=C(Cl)C(=O)C23Cl)c1O. The van der Waals surface area contributed by atoms with Gasteiger partial charge in [0.15, 0.2) is 11.6 Å². The first-order valence-corrected chi connectivity index (χ1v) is 14.1. The van der Waals surface area contributed by atoms with Crippen molar-refractivity contribution in [3.63, 3.8) is 0 Å². The third-order valence-corrected chi connectivity index (χ3v) is 10.4. The summed E-state index contributed by atoms with van der Waals surface area (Å²) in [6.07, 6.45) is 3.23. The van der Waals surface area contributed by atoms with Crippen LogP contribution in [0.1, 0.15) is 29.5 Å². The summed E-state index contributed by atoms with van der Waals surface area (Å²) in [4.78, 5) is 50.6. The van der Waals surface area contributed by atoms with E-state index in [-0.39, 0.29) is 24.3 Å². The first-order chi connectivity index (χ1) is 19.5. The molecule has 6 rings (SSSR count). The van der Waals surface area contributed by atoms with Crippen LogP contribution in [-0.4, -0.2) is 40.4 Å². The number of halogens is 4. The lowest BCUT2D eigenvalue weighted by molar-refractivity contribution is -0.128. The summed E-state index contributed by atoms with van der Waals surface area (Å²) in [5.41, 5.74) is 0.220. The Hall–Kier alpha value is -3.30. The number of phenolic OH excluding ortho intramolecular Hbond substituents is 1. The number of fused-ring (bicyclic) bond motifs is 4. The summed E-state index contributed by atoms with van der Waals surface area (Å²) in [6.45, 7) is 3.68. The summed E-state index contributed by atoms with van der Waals surface area (Å²) < 4.78 is 3.50. The predicted octanol–water partition coefficient (Wildman–Crippen LogP) is 4.70. The van der Waals surface area contributed by atoms with Gasteiger partial charge in [-0.15, -0.1) is 29.8 Å². The number of hydrogen-bond donors (Lipinski definition) is 1. The number of aromatic hydroxyl groups is 1. The Morgan fingerprint density at radius 2 is 1.63 bits per heavy atom. The maximum Gasteiger partial charge on any atom is 0.352 e. The number of para-hydroxylation sites is 2. The van der Waals surface area contributed by atoms with Crippen molar-refractivity contribution in [3.05, 3.63) is 115 Å². The molecular formula is C29H21Cl4N3O5. The highest BCUT2D eigenvalue weighted by Gasteiger charge is 2.71.